The summed E-state index contributed by atoms with van der Waals surface area (Å²) in [5.74, 6) is 0.706. The predicted molar refractivity (Wildman–Crippen MR) is 75.5 cm³/mol. The molecule has 102 valence electrons. The second-order valence-corrected chi connectivity index (χ2v) is 8.80. The van der Waals surface area contributed by atoms with Crippen LogP contribution in [0.4, 0.5) is 0 Å². The first-order valence-corrected chi connectivity index (χ1v) is 8.91. The number of hydrogen-bond acceptors (Lipinski definition) is 4. The molecule has 0 aliphatic heterocycles. The lowest BCUT2D eigenvalue weighted by Crippen LogP contribution is -2.27. The van der Waals surface area contributed by atoms with Crippen molar-refractivity contribution in [2.75, 3.05) is 19.8 Å². The molecule has 2 rings (SSSR count). The zero-order valence-electron chi connectivity index (χ0n) is 10.1. The summed E-state index contributed by atoms with van der Waals surface area (Å²) in [4.78, 5) is 0. The van der Waals surface area contributed by atoms with Crippen LogP contribution < -0.4 is 4.72 Å². The Balaban J connectivity index is 1.79. The highest BCUT2D eigenvalue weighted by atomic mass is 79.9. The zero-order valence-corrected chi connectivity index (χ0v) is 13.3. The van der Waals surface area contributed by atoms with E-state index in [4.69, 9.17) is 4.74 Å². The third kappa shape index (κ3) is 4.03. The van der Waals surface area contributed by atoms with Gasteiger partial charge in [-0.3, -0.25) is 0 Å². The summed E-state index contributed by atoms with van der Waals surface area (Å²) < 4.78 is 33.0. The van der Waals surface area contributed by atoms with Gasteiger partial charge in [-0.25, -0.2) is 13.1 Å². The third-order valence-corrected chi connectivity index (χ3v) is 6.76. The minimum atomic E-state index is -3.39. The van der Waals surface area contributed by atoms with Gasteiger partial charge in [0, 0.05) is 13.2 Å². The second-order valence-electron chi connectivity index (χ2n) is 4.44. The monoisotopic (exact) mass is 353 g/mol. The molecule has 1 fully saturated rings. The van der Waals surface area contributed by atoms with Crippen LogP contribution in [0.5, 0.6) is 0 Å². The van der Waals surface area contributed by atoms with Crippen molar-refractivity contribution in [3.8, 4) is 0 Å². The topological polar surface area (TPSA) is 55.4 Å². The fourth-order valence-electron chi connectivity index (χ4n) is 1.42. The first kappa shape index (κ1) is 14.5. The number of hydrogen-bond donors (Lipinski definition) is 1. The summed E-state index contributed by atoms with van der Waals surface area (Å²) >= 11 is 4.55. The maximum atomic E-state index is 11.9. The molecule has 0 aromatic carbocycles. The Bertz CT molecular complexity index is 489. The van der Waals surface area contributed by atoms with Crippen molar-refractivity contribution in [3.63, 3.8) is 0 Å². The first-order chi connectivity index (χ1) is 8.49. The molecule has 1 saturated carbocycles. The summed E-state index contributed by atoms with van der Waals surface area (Å²) in [6, 6.07) is 1.67. The van der Waals surface area contributed by atoms with E-state index in [0.29, 0.717) is 23.3 Å². The molecular formula is C11H16BrNO3S2. The Kier molecular flexibility index (Phi) is 4.82. The average Bonchev–Trinajstić information content (AvgIpc) is 3.05. The lowest BCUT2D eigenvalue weighted by atomic mass is 10.4. The van der Waals surface area contributed by atoms with Crippen LogP contribution in [0, 0.1) is 12.8 Å². The molecule has 0 bridgehead atoms. The minimum Gasteiger partial charge on any atom is -0.380 e. The van der Waals surface area contributed by atoms with Crippen molar-refractivity contribution in [1.29, 1.82) is 0 Å². The van der Waals surface area contributed by atoms with Crippen molar-refractivity contribution in [1.82, 2.24) is 4.72 Å². The van der Waals surface area contributed by atoms with E-state index in [2.05, 4.69) is 20.7 Å². The van der Waals surface area contributed by atoms with Gasteiger partial charge in [0.1, 0.15) is 4.21 Å². The Labute approximate surface area is 120 Å². The Morgan fingerprint density at radius 3 is 2.83 bits per heavy atom. The van der Waals surface area contributed by atoms with Gasteiger partial charge in [-0.2, -0.15) is 0 Å². The van der Waals surface area contributed by atoms with Gasteiger partial charge in [-0.15, -0.1) is 11.3 Å². The van der Waals surface area contributed by atoms with Crippen LogP contribution in [0.25, 0.3) is 0 Å². The zero-order chi connectivity index (χ0) is 13.2. The Morgan fingerprint density at radius 1 is 1.56 bits per heavy atom. The van der Waals surface area contributed by atoms with E-state index in [-0.39, 0.29) is 0 Å². The first-order valence-electron chi connectivity index (χ1n) is 5.82. The number of rotatable bonds is 7. The van der Waals surface area contributed by atoms with E-state index in [1.165, 1.54) is 24.2 Å². The minimum absolute atomic E-state index is 0.323. The Hall–Kier alpha value is 0.0500. The highest BCUT2D eigenvalue weighted by molar-refractivity contribution is 9.11. The fraction of sp³-hybridized carbons (Fsp3) is 0.636. The van der Waals surface area contributed by atoms with Gasteiger partial charge >= 0.3 is 0 Å². The normalized spacial score (nSPS) is 16.1. The van der Waals surface area contributed by atoms with Crippen molar-refractivity contribution in [2.45, 2.75) is 24.0 Å². The number of nitrogens with one attached hydrogen (secondary N) is 1. The van der Waals surface area contributed by atoms with E-state index in [0.717, 1.165) is 16.0 Å². The number of halogens is 1. The molecule has 1 aliphatic carbocycles. The summed E-state index contributed by atoms with van der Waals surface area (Å²) in [5.41, 5.74) is 0.936. The molecule has 1 aromatic heterocycles. The van der Waals surface area contributed by atoms with E-state index >= 15 is 0 Å². The van der Waals surface area contributed by atoms with Crippen molar-refractivity contribution in [3.05, 3.63) is 15.4 Å². The molecule has 0 atom stereocenters. The molecule has 18 heavy (non-hydrogen) atoms. The largest absolute Gasteiger partial charge is 0.380 e. The van der Waals surface area contributed by atoms with Crippen LogP contribution >= 0.6 is 27.3 Å². The number of thiophene rings is 1. The Morgan fingerprint density at radius 2 is 2.28 bits per heavy atom. The van der Waals surface area contributed by atoms with Gasteiger partial charge in [-0.1, -0.05) is 0 Å². The standard InChI is InChI=1S/C11H16BrNO3S2/c1-8-6-10(17-11(8)12)18(14,15)13-4-5-16-7-9-2-3-9/h6,9,13H,2-5,7H2,1H3. The molecular weight excluding hydrogens is 338 g/mol. The van der Waals surface area contributed by atoms with E-state index in [1.807, 2.05) is 6.92 Å². The maximum absolute atomic E-state index is 11.9. The molecule has 0 radical (unpaired) electrons. The van der Waals surface area contributed by atoms with Crippen LogP contribution in [0.2, 0.25) is 0 Å². The van der Waals surface area contributed by atoms with Gasteiger partial charge in [-0.05, 0) is 53.2 Å². The predicted octanol–water partition coefficient (Wildman–Crippen LogP) is 2.52. The molecule has 0 spiro atoms. The van der Waals surface area contributed by atoms with E-state index in [9.17, 15) is 8.42 Å². The summed E-state index contributed by atoms with van der Waals surface area (Å²) in [5, 5.41) is 0. The molecule has 1 aromatic rings. The maximum Gasteiger partial charge on any atom is 0.250 e. The molecule has 7 heteroatoms. The van der Waals surface area contributed by atoms with Crippen LogP contribution in [0.1, 0.15) is 18.4 Å². The second kappa shape index (κ2) is 6.00. The van der Waals surface area contributed by atoms with Gasteiger partial charge in [0.25, 0.3) is 0 Å². The third-order valence-electron chi connectivity index (χ3n) is 2.69. The molecule has 0 saturated heterocycles. The lowest BCUT2D eigenvalue weighted by Gasteiger charge is -2.05. The number of ether oxygens (including phenoxy) is 1. The van der Waals surface area contributed by atoms with Crippen molar-refractivity contribution >= 4 is 37.3 Å². The average molecular weight is 354 g/mol. The highest BCUT2D eigenvalue weighted by Crippen LogP contribution is 2.30. The van der Waals surface area contributed by atoms with Gasteiger partial charge < -0.3 is 4.74 Å². The van der Waals surface area contributed by atoms with Crippen molar-refractivity contribution in [2.24, 2.45) is 5.92 Å². The summed E-state index contributed by atoms with van der Waals surface area (Å²) in [6.45, 7) is 3.38. The van der Waals surface area contributed by atoms with Gasteiger partial charge in [0.05, 0.1) is 10.4 Å². The van der Waals surface area contributed by atoms with Crippen LogP contribution in [-0.4, -0.2) is 28.2 Å². The fourth-order valence-corrected chi connectivity index (χ4v) is 4.70. The highest BCUT2D eigenvalue weighted by Gasteiger charge is 2.21. The number of aryl methyl sites for hydroxylation is 1. The van der Waals surface area contributed by atoms with Gasteiger partial charge in [0.15, 0.2) is 0 Å². The molecule has 1 heterocycles. The molecule has 1 aliphatic rings. The van der Waals surface area contributed by atoms with Gasteiger partial charge in [0.2, 0.25) is 10.0 Å². The van der Waals surface area contributed by atoms with Crippen LogP contribution in [0.3, 0.4) is 0 Å². The molecule has 0 amide bonds. The SMILES string of the molecule is Cc1cc(S(=O)(=O)NCCOCC2CC2)sc1Br. The summed E-state index contributed by atoms with van der Waals surface area (Å²) in [6.07, 6.45) is 2.49. The molecule has 1 N–H and O–H groups in total. The van der Waals surface area contributed by atoms with Crippen molar-refractivity contribution < 1.29 is 13.2 Å². The van der Waals surface area contributed by atoms with Crippen LogP contribution in [0.15, 0.2) is 14.1 Å². The van der Waals surface area contributed by atoms with E-state index in [1.54, 1.807) is 6.07 Å². The van der Waals surface area contributed by atoms with Crippen LogP contribution in [-0.2, 0) is 14.8 Å². The molecule has 0 unspecified atom stereocenters. The smallest absolute Gasteiger partial charge is 0.250 e. The lowest BCUT2D eigenvalue weighted by molar-refractivity contribution is 0.129. The number of sulfonamides is 1. The summed E-state index contributed by atoms with van der Waals surface area (Å²) in [7, 11) is -3.39. The quantitative estimate of drug-likeness (QED) is 0.766. The molecule has 4 nitrogen and oxygen atoms in total. The van der Waals surface area contributed by atoms with E-state index < -0.39 is 10.0 Å².